The van der Waals surface area contributed by atoms with E-state index in [-0.39, 0.29) is 0 Å². The largest absolute Gasteiger partial charge is 0.386 e. The minimum Gasteiger partial charge on any atom is -0.386 e. The Kier molecular flexibility index (Phi) is 3.95. The maximum atomic E-state index is 10.1. The van der Waals surface area contributed by atoms with Crippen LogP contribution in [0.3, 0.4) is 0 Å². The second-order valence-electron chi connectivity index (χ2n) is 2.38. The van der Waals surface area contributed by atoms with Gasteiger partial charge in [-0.25, -0.2) is 0 Å². The molecule has 4 nitrogen and oxygen atoms in total. The van der Waals surface area contributed by atoms with Crippen LogP contribution < -0.4 is 0 Å². The Bertz CT molecular complexity index is 116. The Hall–Kier alpha value is -0.640. The molecule has 0 amide bonds. The van der Waals surface area contributed by atoms with Crippen molar-refractivity contribution in [3.05, 3.63) is 10.1 Å². The predicted octanol–water partition coefficient (Wildman–Crippen LogP) is 0.813. The van der Waals surface area contributed by atoms with Gasteiger partial charge in [-0.2, -0.15) is 0 Å². The monoisotopic (exact) mass is 147 g/mol. The lowest BCUT2D eigenvalue weighted by molar-refractivity contribution is -0.530. The van der Waals surface area contributed by atoms with Crippen LogP contribution in [0.2, 0.25) is 0 Å². The highest BCUT2D eigenvalue weighted by molar-refractivity contribution is 4.61. The van der Waals surface area contributed by atoms with E-state index in [1.54, 1.807) is 0 Å². The van der Waals surface area contributed by atoms with Crippen molar-refractivity contribution in [3.63, 3.8) is 0 Å². The molecule has 0 unspecified atom stereocenters. The van der Waals surface area contributed by atoms with Crippen molar-refractivity contribution in [2.45, 2.75) is 38.8 Å². The van der Waals surface area contributed by atoms with Crippen LogP contribution >= 0.6 is 0 Å². The summed E-state index contributed by atoms with van der Waals surface area (Å²) in [6.45, 7) is 3.30. The van der Waals surface area contributed by atoms with Gasteiger partial charge in [0.25, 0.3) is 0 Å². The zero-order valence-corrected chi connectivity index (χ0v) is 6.28. The molecule has 0 fully saturated rings. The molecule has 60 valence electrons. The van der Waals surface area contributed by atoms with E-state index >= 15 is 0 Å². The van der Waals surface area contributed by atoms with E-state index in [2.05, 4.69) is 0 Å². The summed E-state index contributed by atoms with van der Waals surface area (Å²) in [4.78, 5) is 9.60. The fourth-order valence-electron chi connectivity index (χ4n) is 0.677. The molecule has 1 N–H and O–H groups in total. The van der Waals surface area contributed by atoms with Gasteiger partial charge in [0.15, 0.2) is 0 Å². The Morgan fingerprint density at radius 1 is 1.70 bits per heavy atom. The Morgan fingerprint density at radius 2 is 2.20 bits per heavy atom. The lowest BCUT2D eigenvalue weighted by Gasteiger charge is -2.09. The molecule has 0 aliphatic rings. The van der Waals surface area contributed by atoms with Gasteiger partial charge in [-0.05, 0) is 6.42 Å². The molecule has 0 spiro atoms. The lowest BCUT2D eigenvalue weighted by atomic mass is 10.1. The second kappa shape index (κ2) is 4.22. The predicted molar refractivity (Wildman–Crippen MR) is 37.4 cm³/mol. The minimum absolute atomic E-state index is 0.458. The zero-order chi connectivity index (χ0) is 8.15. The summed E-state index contributed by atoms with van der Waals surface area (Å²) in [7, 11) is 0. The Balaban J connectivity index is 3.69. The first-order valence-electron chi connectivity index (χ1n) is 3.41. The number of hydrogen-bond donors (Lipinski definition) is 1. The number of aliphatic hydroxyl groups is 1. The summed E-state index contributed by atoms with van der Waals surface area (Å²) in [5.74, 6) is 0. The second-order valence-corrected chi connectivity index (χ2v) is 2.38. The third-order valence-corrected chi connectivity index (χ3v) is 1.47. The van der Waals surface area contributed by atoms with E-state index in [9.17, 15) is 10.1 Å². The molecule has 0 aromatic carbocycles. The van der Waals surface area contributed by atoms with Crippen molar-refractivity contribution in [1.82, 2.24) is 0 Å². The van der Waals surface area contributed by atoms with Gasteiger partial charge in [0.1, 0.15) is 6.10 Å². The maximum absolute atomic E-state index is 10.1. The first-order chi connectivity index (χ1) is 4.59. The molecule has 0 aliphatic heterocycles. The van der Waals surface area contributed by atoms with Crippen LogP contribution in [0.5, 0.6) is 0 Å². The first kappa shape index (κ1) is 9.36. The minimum atomic E-state index is -0.833. The molecule has 0 bridgehead atoms. The van der Waals surface area contributed by atoms with Crippen molar-refractivity contribution in [3.8, 4) is 0 Å². The van der Waals surface area contributed by atoms with Gasteiger partial charge in [0, 0.05) is 11.8 Å². The van der Waals surface area contributed by atoms with Gasteiger partial charge in [-0.1, -0.05) is 13.3 Å². The number of rotatable bonds is 4. The maximum Gasteiger partial charge on any atom is 0.235 e. The van der Waals surface area contributed by atoms with Gasteiger partial charge in [0.2, 0.25) is 6.04 Å². The van der Waals surface area contributed by atoms with Crippen molar-refractivity contribution in [2.75, 3.05) is 0 Å². The third-order valence-electron chi connectivity index (χ3n) is 1.47. The number of nitrogens with zero attached hydrogens (tertiary/aromatic N) is 1. The third kappa shape index (κ3) is 2.77. The summed E-state index contributed by atoms with van der Waals surface area (Å²) in [5, 5.41) is 19.1. The van der Waals surface area contributed by atoms with Crippen LogP contribution in [0.4, 0.5) is 0 Å². The van der Waals surface area contributed by atoms with Crippen molar-refractivity contribution < 1.29 is 10.0 Å². The molecule has 0 heterocycles. The number of nitro groups is 1. The average Bonchev–Trinajstić information content (AvgIpc) is 1.87. The Labute approximate surface area is 60.0 Å². The van der Waals surface area contributed by atoms with Crippen LogP contribution in [-0.4, -0.2) is 22.2 Å². The molecule has 0 saturated carbocycles. The van der Waals surface area contributed by atoms with E-state index in [0.717, 1.165) is 6.42 Å². The molecule has 0 rings (SSSR count). The molecule has 0 aromatic rings. The topological polar surface area (TPSA) is 63.4 Å². The molecule has 0 aliphatic carbocycles. The summed E-state index contributed by atoms with van der Waals surface area (Å²) < 4.78 is 0. The summed E-state index contributed by atoms with van der Waals surface area (Å²) in [5.41, 5.74) is 0. The quantitative estimate of drug-likeness (QED) is 0.472. The summed E-state index contributed by atoms with van der Waals surface area (Å²) in [6, 6.07) is -0.833. The molecule has 0 saturated heterocycles. The molecular weight excluding hydrogens is 134 g/mol. The van der Waals surface area contributed by atoms with Crippen LogP contribution in [-0.2, 0) is 0 Å². The molecule has 0 aromatic heterocycles. The Morgan fingerprint density at radius 3 is 2.50 bits per heavy atom. The van der Waals surface area contributed by atoms with Crippen molar-refractivity contribution >= 4 is 0 Å². The van der Waals surface area contributed by atoms with Gasteiger partial charge in [-0.15, -0.1) is 0 Å². The zero-order valence-electron chi connectivity index (χ0n) is 6.28. The normalized spacial score (nSPS) is 16.3. The van der Waals surface area contributed by atoms with Gasteiger partial charge < -0.3 is 5.11 Å². The van der Waals surface area contributed by atoms with Gasteiger partial charge in [0.05, 0.1) is 0 Å². The fourth-order valence-corrected chi connectivity index (χ4v) is 0.677. The van der Waals surface area contributed by atoms with Gasteiger partial charge >= 0.3 is 0 Å². The van der Waals surface area contributed by atoms with Crippen molar-refractivity contribution in [1.29, 1.82) is 0 Å². The van der Waals surface area contributed by atoms with Crippen LogP contribution in [0.1, 0.15) is 26.7 Å². The van der Waals surface area contributed by atoms with Crippen LogP contribution in [0, 0.1) is 10.1 Å². The summed E-state index contributed by atoms with van der Waals surface area (Å²) >= 11 is 0. The van der Waals surface area contributed by atoms with Gasteiger partial charge in [-0.3, -0.25) is 10.1 Å². The van der Waals surface area contributed by atoms with Crippen LogP contribution in [0.15, 0.2) is 0 Å². The highest BCUT2D eigenvalue weighted by Gasteiger charge is 2.22. The highest BCUT2D eigenvalue weighted by atomic mass is 16.6. The van der Waals surface area contributed by atoms with E-state index < -0.39 is 17.1 Å². The van der Waals surface area contributed by atoms with E-state index in [1.807, 2.05) is 6.92 Å². The van der Waals surface area contributed by atoms with E-state index in [4.69, 9.17) is 5.11 Å². The van der Waals surface area contributed by atoms with Crippen molar-refractivity contribution in [2.24, 2.45) is 0 Å². The average molecular weight is 147 g/mol. The number of hydrogen-bond acceptors (Lipinski definition) is 3. The molecule has 10 heavy (non-hydrogen) atoms. The highest BCUT2D eigenvalue weighted by Crippen LogP contribution is 2.03. The molecular formula is C6H13NO3. The standard InChI is InChI=1S/C6H13NO3/c1-3-4-6(8)5(2)7(9)10/h5-6,8H,3-4H2,1-2H3/t5-,6+/m1/s1. The summed E-state index contributed by atoms with van der Waals surface area (Å²) in [6.07, 6.45) is 0.488. The molecule has 4 heteroatoms. The molecule has 2 atom stereocenters. The smallest absolute Gasteiger partial charge is 0.235 e. The lowest BCUT2D eigenvalue weighted by Crippen LogP contribution is -2.30. The van der Waals surface area contributed by atoms with E-state index in [1.165, 1.54) is 6.92 Å². The van der Waals surface area contributed by atoms with Crippen LogP contribution in [0.25, 0.3) is 0 Å². The molecule has 0 radical (unpaired) electrons. The SMILES string of the molecule is CCC[C@H](O)[C@@H](C)[N+](=O)[O-]. The fraction of sp³-hybridized carbons (Fsp3) is 1.00. The first-order valence-corrected chi connectivity index (χ1v) is 3.41. The van der Waals surface area contributed by atoms with E-state index in [0.29, 0.717) is 6.42 Å². The number of aliphatic hydroxyl groups excluding tert-OH is 1.